The summed E-state index contributed by atoms with van der Waals surface area (Å²) in [5.74, 6) is -0.550. The second kappa shape index (κ2) is 5.21. The molecule has 1 aromatic carbocycles. The molecule has 0 atom stereocenters. The molecule has 1 heterocycles. The predicted octanol–water partition coefficient (Wildman–Crippen LogP) is 3.17. The van der Waals surface area contributed by atoms with Crippen LogP contribution in [-0.2, 0) is 0 Å². The SMILES string of the molecule is CC.COc1cccc2oc(C(=O)O)cc12. The van der Waals surface area contributed by atoms with Crippen LogP contribution in [0.5, 0.6) is 5.75 Å². The Hall–Kier alpha value is -1.97. The standard InChI is InChI=1S/C10H8O4.C2H6/c1-13-7-3-2-4-8-6(7)5-9(14-8)10(11)12;1-2/h2-5H,1H3,(H,11,12);1-2H3. The fraction of sp³-hybridized carbons (Fsp3) is 0.250. The third kappa shape index (κ3) is 2.16. The number of hydrogen-bond donors (Lipinski definition) is 1. The zero-order chi connectivity index (χ0) is 12.1. The summed E-state index contributed by atoms with van der Waals surface area (Å²) in [4.78, 5) is 10.6. The van der Waals surface area contributed by atoms with E-state index in [-0.39, 0.29) is 5.76 Å². The monoisotopic (exact) mass is 222 g/mol. The summed E-state index contributed by atoms with van der Waals surface area (Å²) in [6.07, 6.45) is 0. The fourth-order valence-electron chi connectivity index (χ4n) is 1.32. The van der Waals surface area contributed by atoms with Gasteiger partial charge < -0.3 is 14.3 Å². The van der Waals surface area contributed by atoms with Crippen LogP contribution in [-0.4, -0.2) is 18.2 Å². The Morgan fingerprint density at radius 3 is 2.62 bits per heavy atom. The molecular weight excluding hydrogens is 208 g/mol. The molecule has 16 heavy (non-hydrogen) atoms. The van der Waals surface area contributed by atoms with Crippen LogP contribution in [0, 0.1) is 0 Å². The second-order valence-electron chi connectivity index (χ2n) is 2.79. The average molecular weight is 222 g/mol. The van der Waals surface area contributed by atoms with Gasteiger partial charge in [0.05, 0.1) is 12.5 Å². The van der Waals surface area contributed by atoms with Crippen LogP contribution < -0.4 is 4.74 Å². The van der Waals surface area contributed by atoms with Gasteiger partial charge in [0.15, 0.2) is 0 Å². The molecule has 86 valence electrons. The molecule has 4 nitrogen and oxygen atoms in total. The zero-order valence-corrected chi connectivity index (χ0v) is 9.48. The van der Waals surface area contributed by atoms with Crippen LogP contribution in [0.2, 0.25) is 0 Å². The maximum Gasteiger partial charge on any atom is 0.371 e. The highest BCUT2D eigenvalue weighted by molar-refractivity contribution is 5.93. The minimum atomic E-state index is -1.08. The van der Waals surface area contributed by atoms with Crippen LogP contribution in [0.25, 0.3) is 11.0 Å². The Balaban J connectivity index is 0.000000606. The average Bonchev–Trinajstić information content (AvgIpc) is 2.75. The first-order valence-corrected chi connectivity index (χ1v) is 5.02. The normalized spacial score (nSPS) is 9.44. The number of carboxylic acids is 1. The first-order chi connectivity index (χ1) is 7.72. The number of benzene rings is 1. The summed E-state index contributed by atoms with van der Waals surface area (Å²) >= 11 is 0. The lowest BCUT2D eigenvalue weighted by atomic mass is 10.2. The smallest absolute Gasteiger partial charge is 0.371 e. The van der Waals surface area contributed by atoms with Crippen molar-refractivity contribution < 1.29 is 19.1 Å². The summed E-state index contributed by atoms with van der Waals surface area (Å²) in [7, 11) is 1.53. The highest BCUT2D eigenvalue weighted by atomic mass is 16.5. The maximum absolute atomic E-state index is 10.6. The lowest BCUT2D eigenvalue weighted by Gasteiger charge is -1.98. The number of rotatable bonds is 2. The van der Waals surface area contributed by atoms with Gasteiger partial charge in [-0.2, -0.15) is 0 Å². The molecule has 0 bridgehead atoms. The Kier molecular flexibility index (Phi) is 3.94. The van der Waals surface area contributed by atoms with Gasteiger partial charge in [0.25, 0.3) is 0 Å². The molecular formula is C12H14O4. The number of hydrogen-bond acceptors (Lipinski definition) is 3. The van der Waals surface area contributed by atoms with Crippen LogP contribution >= 0.6 is 0 Å². The summed E-state index contributed by atoms with van der Waals surface area (Å²) in [5.41, 5.74) is 0.516. The van der Waals surface area contributed by atoms with E-state index in [1.165, 1.54) is 13.2 Å². The summed E-state index contributed by atoms with van der Waals surface area (Å²) in [6.45, 7) is 4.00. The molecule has 0 aliphatic carbocycles. The van der Waals surface area contributed by atoms with E-state index < -0.39 is 5.97 Å². The van der Waals surface area contributed by atoms with E-state index in [1.54, 1.807) is 18.2 Å². The Morgan fingerprint density at radius 2 is 2.06 bits per heavy atom. The molecule has 0 fully saturated rings. The van der Waals surface area contributed by atoms with Gasteiger partial charge in [-0.3, -0.25) is 0 Å². The summed E-state index contributed by atoms with van der Waals surface area (Å²) in [6, 6.07) is 6.65. The Morgan fingerprint density at radius 1 is 1.38 bits per heavy atom. The molecule has 1 aromatic heterocycles. The minimum absolute atomic E-state index is 0.0792. The third-order valence-corrected chi connectivity index (χ3v) is 1.95. The van der Waals surface area contributed by atoms with Crippen molar-refractivity contribution in [1.82, 2.24) is 0 Å². The van der Waals surface area contributed by atoms with Crippen molar-refractivity contribution in [3.8, 4) is 5.75 Å². The van der Waals surface area contributed by atoms with Crippen LogP contribution in [0.1, 0.15) is 24.4 Å². The van der Waals surface area contributed by atoms with Gasteiger partial charge in [-0.05, 0) is 12.1 Å². The van der Waals surface area contributed by atoms with Crippen molar-refractivity contribution in [3.05, 3.63) is 30.0 Å². The van der Waals surface area contributed by atoms with E-state index in [1.807, 2.05) is 13.8 Å². The topological polar surface area (TPSA) is 59.7 Å². The number of furan rings is 1. The van der Waals surface area contributed by atoms with Gasteiger partial charge in [-0.25, -0.2) is 4.79 Å². The van der Waals surface area contributed by atoms with Gasteiger partial charge in [-0.1, -0.05) is 19.9 Å². The van der Waals surface area contributed by atoms with Gasteiger partial charge in [0.1, 0.15) is 11.3 Å². The maximum atomic E-state index is 10.6. The van der Waals surface area contributed by atoms with Crippen molar-refractivity contribution in [2.45, 2.75) is 13.8 Å². The lowest BCUT2D eigenvalue weighted by Crippen LogP contribution is -1.91. The quantitative estimate of drug-likeness (QED) is 0.847. The molecule has 0 saturated carbocycles. The van der Waals surface area contributed by atoms with E-state index in [0.29, 0.717) is 16.7 Å². The number of methoxy groups -OCH3 is 1. The zero-order valence-electron chi connectivity index (χ0n) is 9.48. The predicted molar refractivity (Wildman–Crippen MR) is 61.1 cm³/mol. The van der Waals surface area contributed by atoms with Crippen LogP contribution in [0.15, 0.2) is 28.7 Å². The number of aromatic carboxylic acids is 1. The summed E-state index contributed by atoms with van der Waals surface area (Å²) < 4.78 is 10.2. The first-order valence-electron chi connectivity index (χ1n) is 5.02. The van der Waals surface area contributed by atoms with E-state index in [0.717, 1.165) is 0 Å². The number of fused-ring (bicyclic) bond motifs is 1. The van der Waals surface area contributed by atoms with E-state index in [4.69, 9.17) is 14.3 Å². The van der Waals surface area contributed by atoms with Crippen LogP contribution in [0.4, 0.5) is 0 Å². The molecule has 4 heteroatoms. The number of carbonyl (C=O) groups is 1. The Bertz CT molecular complexity index is 485. The molecule has 2 aromatic rings. The molecule has 1 N–H and O–H groups in total. The first kappa shape index (κ1) is 12.1. The lowest BCUT2D eigenvalue weighted by molar-refractivity contribution is 0.0665. The molecule has 0 saturated heterocycles. The van der Waals surface area contributed by atoms with Gasteiger partial charge in [-0.15, -0.1) is 0 Å². The fourth-order valence-corrected chi connectivity index (χ4v) is 1.32. The van der Waals surface area contributed by atoms with Gasteiger partial charge >= 0.3 is 5.97 Å². The van der Waals surface area contributed by atoms with Crippen molar-refractivity contribution in [2.75, 3.05) is 7.11 Å². The number of ether oxygens (including phenoxy) is 1. The molecule has 0 amide bonds. The van der Waals surface area contributed by atoms with Crippen molar-refractivity contribution >= 4 is 16.9 Å². The van der Waals surface area contributed by atoms with Crippen molar-refractivity contribution in [1.29, 1.82) is 0 Å². The minimum Gasteiger partial charge on any atom is -0.496 e. The van der Waals surface area contributed by atoms with E-state index >= 15 is 0 Å². The molecule has 0 radical (unpaired) electrons. The molecule has 0 spiro atoms. The highest BCUT2D eigenvalue weighted by Crippen LogP contribution is 2.28. The largest absolute Gasteiger partial charge is 0.496 e. The van der Waals surface area contributed by atoms with Crippen molar-refractivity contribution in [2.24, 2.45) is 0 Å². The third-order valence-electron chi connectivity index (χ3n) is 1.95. The second-order valence-corrected chi connectivity index (χ2v) is 2.79. The number of carboxylic acid groups (broad SMARTS) is 1. The van der Waals surface area contributed by atoms with E-state index in [9.17, 15) is 4.79 Å². The van der Waals surface area contributed by atoms with Gasteiger partial charge in [0.2, 0.25) is 5.76 Å². The van der Waals surface area contributed by atoms with Crippen molar-refractivity contribution in [3.63, 3.8) is 0 Å². The summed E-state index contributed by atoms with van der Waals surface area (Å²) in [5, 5.41) is 9.39. The van der Waals surface area contributed by atoms with E-state index in [2.05, 4.69) is 0 Å². The van der Waals surface area contributed by atoms with Crippen LogP contribution in [0.3, 0.4) is 0 Å². The molecule has 0 unspecified atom stereocenters. The molecule has 2 rings (SSSR count). The Labute approximate surface area is 93.4 Å². The highest BCUT2D eigenvalue weighted by Gasteiger charge is 2.12. The molecule has 0 aliphatic rings. The van der Waals surface area contributed by atoms with Gasteiger partial charge in [0, 0.05) is 6.07 Å². The molecule has 0 aliphatic heterocycles.